The van der Waals surface area contributed by atoms with Crippen molar-refractivity contribution in [2.45, 2.75) is 25.9 Å². The number of carbonyl (C=O) groups is 2. The predicted octanol–water partition coefficient (Wildman–Crippen LogP) is 4.05. The number of hydrogen-bond donors (Lipinski definition) is 3. The van der Waals surface area contributed by atoms with Gasteiger partial charge in [0.05, 0.1) is 15.9 Å². The fourth-order valence-corrected chi connectivity index (χ4v) is 4.89. The van der Waals surface area contributed by atoms with E-state index in [-0.39, 0.29) is 11.8 Å². The molecular weight excluding hydrogens is 446 g/mol. The van der Waals surface area contributed by atoms with Crippen LogP contribution >= 0.6 is 11.3 Å². The van der Waals surface area contributed by atoms with E-state index in [0.717, 1.165) is 33.3 Å². The van der Waals surface area contributed by atoms with Gasteiger partial charge in [0.1, 0.15) is 11.9 Å². The van der Waals surface area contributed by atoms with Gasteiger partial charge in [0.2, 0.25) is 5.91 Å². The van der Waals surface area contributed by atoms with Gasteiger partial charge < -0.3 is 20.2 Å². The van der Waals surface area contributed by atoms with Crippen LogP contribution in [0.5, 0.6) is 0 Å². The van der Waals surface area contributed by atoms with Crippen LogP contribution in [0.1, 0.15) is 21.1 Å². The lowest BCUT2D eigenvalue weighted by molar-refractivity contribution is -0.122. The summed E-state index contributed by atoms with van der Waals surface area (Å²) < 4.78 is 2.09. The van der Waals surface area contributed by atoms with Crippen molar-refractivity contribution < 1.29 is 9.59 Å². The number of aryl methyl sites for hydroxylation is 1. The van der Waals surface area contributed by atoms with Crippen LogP contribution in [-0.2, 0) is 17.8 Å². The number of benzene rings is 2. The number of carbonyl (C=O) groups excluding carboxylic acids is 2. The Morgan fingerprint density at radius 3 is 2.76 bits per heavy atom. The topological polar surface area (TPSA) is 91.8 Å². The molecule has 5 rings (SSSR count). The Morgan fingerprint density at radius 1 is 1.09 bits per heavy atom. The van der Waals surface area contributed by atoms with Crippen molar-refractivity contribution in [1.82, 2.24) is 25.2 Å². The van der Waals surface area contributed by atoms with Crippen LogP contribution in [0.25, 0.3) is 21.9 Å². The quantitative estimate of drug-likeness (QED) is 0.319. The number of H-pyrrole nitrogens is 1. The molecule has 0 saturated carbocycles. The Morgan fingerprint density at radius 2 is 1.91 bits per heavy atom. The molecule has 0 aliphatic carbocycles. The second kappa shape index (κ2) is 9.52. The molecule has 0 aliphatic rings. The molecule has 0 unspecified atom stereocenters. The first-order valence-electron chi connectivity index (χ1n) is 11.2. The molecule has 34 heavy (non-hydrogen) atoms. The summed E-state index contributed by atoms with van der Waals surface area (Å²) in [6, 6.07) is 18.8. The van der Waals surface area contributed by atoms with Gasteiger partial charge in [-0.3, -0.25) is 9.59 Å². The fourth-order valence-electron chi connectivity index (χ4n) is 4.26. The number of fused-ring (bicyclic) bond motifs is 2. The van der Waals surface area contributed by atoms with E-state index in [4.69, 9.17) is 0 Å². The first kappa shape index (κ1) is 21.9. The second-order valence-electron chi connectivity index (χ2n) is 8.16. The molecule has 3 N–H and O–H groups in total. The summed E-state index contributed by atoms with van der Waals surface area (Å²) in [6.45, 7) is 2.99. The number of imidazole rings is 1. The Labute approximate surface area is 200 Å². The highest BCUT2D eigenvalue weighted by Gasteiger charge is 2.23. The van der Waals surface area contributed by atoms with E-state index in [1.54, 1.807) is 6.07 Å². The first-order valence-corrected chi connectivity index (χ1v) is 12.1. The SMILES string of the molecule is Cc1nc2ccccc2n1CCNC(=O)[C@H](Cc1c[nH]c2ccccc12)NC(=O)c1cccs1. The third-order valence-corrected chi connectivity index (χ3v) is 6.81. The minimum absolute atomic E-state index is 0.211. The number of aromatic amines is 1. The van der Waals surface area contributed by atoms with E-state index in [0.29, 0.717) is 24.4 Å². The summed E-state index contributed by atoms with van der Waals surface area (Å²) in [5.41, 5.74) is 3.96. The Balaban J connectivity index is 1.31. The lowest BCUT2D eigenvalue weighted by atomic mass is 10.0. The van der Waals surface area contributed by atoms with E-state index in [9.17, 15) is 9.59 Å². The van der Waals surface area contributed by atoms with Crippen LogP contribution in [0.2, 0.25) is 0 Å². The largest absolute Gasteiger partial charge is 0.361 e. The molecule has 0 radical (unpaired) electrons. The summed E-state index contributed by atoms with van der Waals surface area (Å²) in [4.78, 5) is 34.4. The number of rotatable bonds is 8. The molecule has 1 atom stereocenters. The van der Waals surface area contributed by atoms with Gasteiger partial charge in [-0.15, -0.1) is 11.3 Å². The van der Waals surface area contributed by atoms with Crippen molar-refractivity contribution >= 4 is 45.1 Å². The maximum atomic E-state index is 13.2. The number of nitrogens with one attached hydrogen (secondary N) is 3. The number of nitrogens with zero attached hydrogens (tertiary/aromatic N) is 2. The first-order chi connectivity index (χ1) is 16.6. The van der Waals surface area contributed by atoms with Crippen molar-refractivity contribution in [3.63, 3.8) is 0 Å². The number of hydrogen-bond acceptors (Lipinski definition) is 4. The van der Waals surface area contributed by atoms with Gasteiger partial charge >= 0.3 is 0 Å². The zero-order valence-electron chi connectivity index (χ0n) is 18.7. The van der Waals surface area contributed by atoms with Crippen LogP contribution in [0.15, 0.2) is 72.2 Å². The van der Waals surface area contributed by atoms with Gasteiger partial charge in [-0.25, -0.2) is 4.98 Å². The number of aromatic nitrogens is 3. The normalized spacial score (nSPS) is 12.1. The van der Waals surface area contributed by atoms with E-state index in [1.165, 1.54) is 11.3 Å². The molecule has 2 amide bonds. The summed E-state index contributed by atoms with van der Waals surface area (Å²) >= 11 is 1.35. The maximum Gasteiger partial charge on any atom is 0.262 e. The maximum absolute atomic E-state index is 13.2. The average Bonchev–Trinajstić information content (AvgIpc) is 3.58. The third-order valence-electron chi connectivity index (χ3n) is 5.95. The average molecular weight is 472 g/mol. The van der Waals surface area contributed by atoms with Crippen molar-refractivity contribution in [2.75, 3.05) is 6.54 Å². The van der Waals surface area contributed by atoms with Crippen molar-refractivity contribution in [2.24, 2.45) is 0 Å². The van der Waals surface area contributed by atoms with E-state index < -0.39 is 6.04 Å². The van der Waals surface area contributed by atoms with Gasteiger partial charge in [-0.2, -0.15) is 0 Å². The molecule has 0 spiro atoms. The van der Waals surface area contributed by atoms with Gasteiger partial charge in [0.15, 0.2) is 0 Å². The number of para-hydroxylation sites is 3. The zero-order valence-corrected chi connectivity index (χ0v) is 19.6. The standard InChI is InChI=1S/C26H25N5O2S/c1-17-29-21-9-4-5-10-23(21)31(17)13-12-27-25(32)22(30-26(33)24-11-6-14-34-24)15-18-16-28-20-8-3-2-7-19(18)20/h2-11,14,16,22,28H,12-13,15H2,1H3,(H,27,32)(H,30,33)/t22-/m0/s1. The monoisotopic (exact) mass is 471 g/mol. The molecule has 0 fully saturated rings. The summed E-state index contributed by atoms with van der Waals surface area (Å²) in [5, 5.41) is 8.84. The summed E-state index contributed by atoms with van der Waals surface area (Å²) in [5.74, 6) is 0.445. The van der Waals surface area contributed by atoms with Gasteiger partial charge in [-0.1, -0.05) is 36.4 Å². The Bertz CT molecular complexity index is 1450. The molecule has 7 nitrogen and oxygen atoms in total. The Hall–Kier alpha value is -3.91. The molecule has 3 heterocycles. The molecular formula is C26H25N5O2S. The minimum Gasteiger partial charge on any atom is -0.361 e. The van der Waals surface area contributed by atoms with E-state index in [1.807, 2.05) is 73.1 Å². The lowest BCUT2D eigenvalue weighted by Crippen LogP contribution is -2.48. The Kier molecular flexibility index (Phi) is 6.14. The molecule has 8 heteroatoms. The molecule has 2 aromatic carbocycles. The van der Waals surface area contributed by atoms with Gasteiger partial charge in [-0.05, 0) is 42.1 Å². The molecule has 0 bridgehead atoms. The molecule has 3 aromatic heterocycles. The highest BCUT2D eigenvalue weighted by Crippen LogP contribution is 2.20. The molecule has 172 valence electrons. The predicted molar refractivity (Wildman–Crippen MR) is 135 cm³/mol. The van der Waals surface area contributed by atoms with Crippen LogP contribution in [0.3, 0.4) is 0 Å². The van der Waals surface area contributed by atoms with Gasteiger partial charge in [0, 0.05) is 36.6 Å². The zero-order chi connectivity index (χ0) is 23.5. The van der Waals surface area contributed by atoms with Crippen LogP contribution in [0, 0.1) is 6.92 Å². The highest BCUT2D eigenvalue weighted by molar-refractivity contribution is 7.12. The molecule has 0 aliphatic heterocycles. The molecule has 5 aromatic rings. The summed E-state index contributed by atoms with van der Waals surface area (Å²) in [6.07, 6.45) is 2.29. The second-order valence-corrected chi connectivity index (χ2v) is 9.11. The smallest absolute Gasteiger partial charge is 0.262 e. The molecule has 0 saturated heterocycles. The van der Waals surface area contributed by atoms with E-state index >= 15 is 0 Å². The van der Waals surface area contributed by atoms with Crippen LogP contribution < -0.4 is 10.6 Å². The van der Waals surface area contributed by atoms with Crippen molar-refractivity contribution in [3.05, 3.63) is 88.5 Å². The van der Waals surface area contributed by atoms with Crippen molar-refractivity contribution in [1.29, 1.82) is 0 Å². The summed E-state index contributed by atoms with van der Waals surface area (Å²) in [7, 11) is 0. The number of thiophene rings is 1. The minimum atomic E-state index is -0.700. The highest BCUT2D eigenvalue weighted by atomic mass is 32.1. The number of amides is 2. The van der Waals surface area contributed by atoms with E-state index in [2.05, 4.69) is 25.2 Å². The van der Waals surface area contributed by atoms with Crippen LogP contribution in [-0.4, -0.2) is 38.9 Å². The fraction of sp³-hybridized carbons (Fsp3) is 0.192. The third kappa shape index (κ3) is 4.45. The van der Waals surface area contributed by atoms with Crippen molar-refractivity contribution in [3.8, 4) is 0 Å². The lowest BCUT2D eigenvalue weighted by Gasteiger charge is -2.18. The van der Waals surface area contributed by atoms with Gasteiger partial charge in [0.25, 0.3) is 5.91 Å². The van der Waals surface area contributed by atoms with Crippen LogP contribution in [0.4, 0.5) is 0 Å².